The van der Waals surface area contributed by atoms with Crippen LogP contribution in [0.15, 0.2) is 53.3 Å². The first-order chi connectivity index (χ1) is 14.2. The number of piperidine rings is 1. The molecule has 0 aliphatic carbocycles. The monoisotopic (exact) mass is 412 g/mol. The molecule has 1 aliphatic heterocycles. The second kappa shape index (κ2) is 9.03. The van der Waals surface area contributed by atoms with Crippen LogP contribution in [0.1, 0.15) is 30.7 Å². The molecule has 1 saturated heterocycles. The maximum absolute atomic E-state index is 6.13. The number of halogens is 1. The van der Waals surface area contributed by atoms with Gasteiger partial charge >= 0.3 is 0 Å². The van der Waals surface area contributed by atoms with E-state index in [2.05, 4.69) is 21.1 Å². The summed E-state index contributed by atoms with van der Waals surface area (Å²) >= 11 is 6.13. The van der Waals surface area contributed by atoms with Gasteiger partial charge in [0.1, 0.15) is 0 Å². The molecular weight excluding hydrogens is 388 g/mol. The zero-order valence-corrected chi connectivity index (χ0v) is 17.3. The second-order valence-electron chi connectivity index (χ2n) is 7.59. The molecule has 1 aromatic carbocycles. The molecule has 0 spiro atoms. The van der Waals surface area contributed by atoms with Crippen molar-refractivity contribution in [1.82, 2.24) is 20.0 Å². The van der Waals surface area contributed by atoms with Crippen LogP contribution in [-0.2, 0) is 16.7 Å². The Kier molecular flexibility index (Phi) is 6.23. The number of methoxy groups -OCH3 is 1. The zero-order chi connectivity index (χ0) is 20.1. The van der Waals surface area contributed by atoms with Crippen molar-refractivity contribution in [2.75, 3.05) is 26.8 Å². The SMILES string of the molecule is COCCC1(c2noc(-c3ccncc3)n2)CCN(Cc2cccc(Cl)c2)CC1. The highest BCUT2D eigenvalue weighted by atomic mass is 35.5. The number of benzene rings is 1. The molecule has 4 rings (SSSR count). The van der Waals surface area contributed by atoms with Gasteiger partial charge in [-0.05, 0) is 62.2 Å². The average molecular weight is 413 g/mol. The van der Waals surface area contributed by atoms with Gasteiger partial charge in [-0.3, -0.25) is 9.88 Å². The first kappa shape index (κ1) is 20.0. The summed E-state index contributed by atoms with van der Waals surface area (Å²) < 4.78 is 11.0. The lowest BCUT2D eigenvalue weighted by Gasteiger charge is -2.39. The lowest BCUT2D eigenvalue weighted by molar-refractivity contribution is 0.103. The van der Waals surface area contributed by atoms with Gasteiger partial charge in [0.15, 0.2) is 5.82 Å². The summed E-state index contributed by atoms with van der Waals surface area (Å²) in [7, 11) is 1.74. The molecule has 0 bridgehead atoms. The third-order valence-electron chi connectivity index (χ3n) is 5.72. The standard InChI is InChI=1S/C22H25ClN4O2/c1-28-14-9-22(21-25-20(29-26-21)18-5-10-24-11-6-18)7-12-27(13-8-22)16-17-3-2-4-19(23)15-17/h2-6,10-11,15H,7-9,12-14,16H2,1H3. The minimum absolute atomic E-state index is 0.129. The summed E-state index contributed by atoms with van der Waals surface area (Å²) in [5, 5.41) is 5.15. The van der Waals surface area contributed by atoms with Gasteiger partial charge in [-0.1, -0.05) is 28.9 Å². The largest absolute Gasteiger partial charge is 0.385 e. The van der Waals surface area contributed by atoms with Crippen LogP contribution >= 0.6 is 11.6 Å². The lowest BCUT2D eigenvalue weighted by Crippen LogP contribution is -2.43. The molecular formula is C22H25ClN4O2. The van der Waals surface area contributed by atoms with E-state index in [0.29, 0.717) is 12.5 Å². The van der Waals surface area contributed by atoms with Crippen molar-refractivity contribution in [2.24, 2.45) is 0 Å². The third-order valence-corrected chi connectivity index (χ3v) is 5.96. The first-order valence-corrected chi connectivity index (χ1v) is 10.3. The van der Waals surface area contributed by atoms with Gasteiger partial charge in [0.25, 0.3) is 5.89 Å². The molecule has 7 heteroatoms. The first-order valence-electron chi connectivity index (χ1n) is 9.89. The Hall–Kier alpha value is -2.28. The maximum atomic E-state index is 6.13. The van der Waals surface area contributed by atoms with Crippen molar-refractivity contribution in [3.63, 3.8) is 0 Å². The van der Waals surface area contributed by atoms with Gasteiger partial charge in [-0.25, -0.2) is 0 Å². The smallest absolute Gasteiger partial charge is 0.258 e. The summed E-state index contributed by atoms with van der Waals surface area (Å²) in [5.74, 6) is 1.32. The van der Waals surface area contributed by atoms with Gasteiger partial charge in [0, 0.05) is 48.7 Å². The van der Waals surface area contributed by atoms with Crippen LogP contribution in [0.25, 0.3) is 11.5 Å². The van der Waals surface area contributed by atoms with E-state index >= 15 is 0 Å². The van der Waals surface area contributed by atoms with Crippen molar-refractivity contribution in [3.05, 3.63) is 65.2 Å². The molecule has 3 heterocycles. The molecule has 0 radical (unpaired) electrons. The maximum Gasteiger partial charge on any atom is 0.258 e. The van der Waals surface area contributed by atoms with Crippen molar-refractivity contribution in [3.8, 4) is 11.5 Å². The third kappa shape index (κ3) is 4.66. The van der Waals surface area contributed by atoms with Gasteiger partial charge in [0.05, 0.1) is 0 Å². The molecule has 29 heavy (non-hydrogen) atoms. The fourth-order valence-corrected chi connectivity index (χ4v) is 4.18. The predicted octanol–water partition coefficient (Wildman–Crippen LogP) is 4.36. The Morgan fingerprint density at radius 3 is 2.69 bits per heavy atom. The molecule has 3 aromatic rings. The Morgan fingerprint density at radius 2 is 1.97 bits per heavy atom. The number of ether oxygens (including phenoxy) is 1. The van der Waals surface area contributed by atoms with Gasteiger partial charge in [0.2, 0.25) is 0 Å². The Balaban J connectivity index is 1.49. The summed E-state index contributed by atoms with van der Waals surface area (Å²) in [5.41, 5.74) is 2.00. The summed E-state index contributed by atoms with van der Waals surface area (Å²) in [6.45, 7) is 3.51. The number of hydrogen-bond acceptors (Lipinski definition) is 6. The number of aromatic nitrogens is 3. The molecule has 1 fully saturated rings. The van der Waals surface area contributed by atoms with Crippen molar-refractivity contribution in [1.29, 1.82) is 0 Å². The molecule has 0 N–H and O–H groups in total. The van der Waals surface area contributed by atoms with Gasteiger partial charge < -0.3 is 9.26 Å². The van der Waals surface area contributed by atoms with E-state index < -0.39 is 0 Å². The van der Waals surface area contributed by atoms with E-state index in [-0.39, 0.29) is 5.41 Å². The van der Waals surface area contributed by atoms with Crippen LogP contribution in [-0.4, -0.2) is 46.8 Å². The minimum atomic E-state index is -0.129. The number of rotatable bonds is 7. The lowest BCUT2D eigenvalue weighted by atomic mass is 9.75. The molecule has 152 valence electrons. The summed E-state index contributed by atoms with van der Waals surface area (Å²) in [6, 6.07) is 11.8. The van der Waals surface area contributed by atoms with Gasteiger partial charge in [-0.2, -0.15) is 4.98 Å². The van der Waals surface area contributed by atoms with Crippen LogP contribution < -0.4 is 0 Å². The summed E-state index contributed by atoms with van der Waals surface area (Å²) in [4.78, 5) is 11.3. The highest BCUT2D eigenvalue weighted by Crippen LogP contribution is 2.38. The van der Waals surface area contributed by atoms with Crippen molar-refractivity contribution >= 4 is 11.6 Å². The van der Waals surface area contributed by atoms with Crippen LogP contribution in [0.5, 0.6) is 0 Å². The Bertz CT molecular complexity index is 923. The molecule has 0 unspecified atom stereocenters. The van der Waals surface area contributed by atoms with E-state index in [1.807, 2.05) is 30.3 Å². The zero-order valence-electron chi connectivity index (χ0n) is 16.6. The highest BCUT2D eigenvalue weighted by molar-refractivity contribution is 6.30. The van der Waals surface area contributed by atoms with Gasteiger partial charge in [-0.15, -0.1) is 0 Å². The molecule has 0 amide bonds. The Labute approximate surface area is 175 Å². The second-order valence-corrected chi connectivity index (χ2v) is 8.02. The minimum Gasteiger partial charge on any atom is -0.385 e. The van der Waals surface area contributed by atoms with Crippen molar-refractivity contribution in [2.45, 2.75) is 31.2 Å². The fraction of sp³-hybridized carbons (Fsp3) is 0.409. The van der Waals surface area contributed by atoms with Crippen LogP contribution in [0, 0.1) is 0 Å². The average Bonchev–Trinajstić information content (AvgIpc) is 3.25. The van der Waals surface area contributed by atoms with E-state index in [0.717, 1.165) is 55.3 Å². The van der Waals surface area contributed by atoms with Crippen molar-refractivity contribution < 1.29 is 9.26 Å². The number of nitrogens with zero attached hydrogens (tertiary/aromatic N) is 4. The number of hydrogen-bond donors (Lipinski definition) is 0. The van der Waals surface area contributed by atoms with E-state index in [4.69, 9.17) is 25.8 Å². The Morgan fingerprint density at radius 1 is 1.17 bits per heavy atom. The van der Waals surface area contributed by atoms with Crippen LogP contribution in [0.3, 0.4) is 0 Å². The molecule has 6 nitrogen and oxygen atoms in total. The highest BCUT2D eigenvalue weighted by Gasteiger charge is 2.40. The van der Waals surface area contributed by atoms with E-state index in [1.165, 1.54) is 5.56 Å². The van der Waals surface area contributed by atoms with Crippen LogP contribution in [0.4, 0.5) is 0 Å². The molecule has 1 aliphatic rings. The molecule has 2 aromatic heterocycles. The topological polar surface area (TPSA) is 64.3 Å². The van der Waals surface area contributed by atoms with E-state index in [1.54, 1.807) is 19.5 Å². The number of likely N-dealkylation sites (tertiary alicyclic amines) is 1. The molecule has 0 saturated carbocycles. The normalized spacial score (nSPS) is 16.8. The van der Waals surface area contributed by atoms with Crippen LogP contribution in [0.2, 0.25) is 5.02 Å². The molecule has 0 atom stereocenters. The fourth-order valence-electron chi connectivity index (χ4n) is 3.97. The quantitative estimate of drug-likeness (QED) is 0.574. The van der Waals surface area contributed by atoms with E-state index in [9.17, 15) is 0 Å². The predicted molar refractivity (Wildman–Crippen MR) is 112 cm³/mol. The number of pyridine rings is 1. The summed E-state index contributed by atoms with van der Waals surface area (Å²) in [6.07, 6.45) is 6.27.